The van der Waals surface area contributed by atoms with Gasteiger partial charge in [-0.05, 0) is 25.1 Å². The van der Waals surface area contributed by atoms with Gasteiger partial charge in [-0.25, -0.2) is 0 Å². The van der Waals surface area contributed by atoms with Crippen LogP contribution < -0.4 is 9.64 Å². The molecule has 0 aromatic heterocycles. The van der Waals surface area contributed by atoms with Crippen molar-refractivity contribution in [1.82, 2.24) is 0 Å². The first-order chi connectivity index (χ1) is 8.54. The van der Waals surface area contributed by atoms with Gasteiger partial charge in [-0.2, -0.15) is 0 Å². The second kappa shape index (κ2) is 4.98. The standard InChI is InChI=1S/C13H14ClNO3/c1-3-11(16)8(2)15-10-6-9(14)4-5-12(10)18-7-13(15)17/h4-6,8H,3,7H2,1-2H3. The number of anilines is 1. The summed E-state index contributed by atoms with van der Waals surface area (Å²) in [5, 5.41) is 0.508. The number of hydrogen-bond acceptors (Lipinski definition) is 3. The van der Waals surface area contributed by atoms with E-state index >= 15 is 0 Å². The molecular formula is C13H14ClNO3. The van der Waals surface area contributed by atoms with E-state index in [0.29, 0.717) is 22.9 Å². The first kappa shape index (κ1) is 12.9. The number of ether oxygens (including phenoxy) is 1. The van der Waals surface area contributed by atoms with Gasteiger partial charge >= 0.3 is 0 Å². The largest absolute Gasteiger partial charge is 0.482 e. The molecule has 1 aliphatic heterocycles. The highest BCUT2D eigenvalue weighted by molar-refractivity contribution is 6.31. The van der Waals surface area contributed by atoms with Crippen molar-refractivity contribution >= 4 is 29.0 Å². The van der Waals surface area contributed by atoms with Crippen molar-refractivity contribution in [3.63, 3.8) is 0 Å². The van der Waals surface area contributed by atoms with E-state index in [1.165, 1.54) is 4.90 Å². The lowest BCUT2D eigenvalue weighted by Crippen LogP contribution is -2.47. The molecule has 0 radical (unpaired) electrons. The number of benzene rings is 1. The fourth-order valence-corrected chi connectivity index (χ4v) is 2.17. The molecule has 1 atom stereocenters. The van der Waals surface area contributed by atoms with E-state index in [2.05, 4.69) is 0 Å². The number of ketones is 1. The average molecular weight is 268 g/mol. The summed E-state index contributed by atoms with van der Waals surface area (Å²) >= 11 is 5.93. The fourth-order valence-electron chi connectivity index (χ4n) is 2.01. The molecule has 1 aliphatic rings. The zero-order valence-corrected chi connectivity index (χ0v) is 11.0. The molecule has 1 aromatic rings. The summed E-state index contributed by atoms with van der Waals surface area (Å²) in [4.78, 5) is 25.2. The molecule has 1 heterocycles. The Hall–Kier alpha value is -1.55. The highest BCUT2D eigenvalue weighted by atomic mass is 35.5. The molecule has 0 bridgehead atoms. The molecule has 1 amide bonds. The Morgan fingerprint density at radius 1 is 1.56 bits per heavy atom. The number of carbonyl (C=O) groups is 2. The Morgan fingerprint density at radius 3 is 2.94 bits per heavy atom. The van der Waals surface area contributed by atoms with Gasteiger partial charge in [0.1, 0.15) is 5.75 Å². The van der Waals surface area contributed by atoms with Crippen LogP contribution in [-0.2, 0) is 9.59 Å². The highest BCUT2D eigenvalue weighted by Crippen LogP contribution is 2.35. The molecule has 0 spiro atoms. The second-order valence-corrected chi connectivity index (χ2v) is 4.60. The first-order valence-electron chi connectivity index (χ1n) is 5.81. The van der Waals surface area contributed by atoms with Crippen LogP contribution in [0.4, 0.5) is 5.69 Å². The van der Waals surface area contributed by atoms with E-state index in [1.54, 1.807) is 32.0 Å². The molecule has 96 valence electrons. The van der Waals surface area contributed by atoms with Gasteiger partial charge in [0, 0.05) is 11.4 Å². The van der Waals surface area contributed by atoms with Crippen molar-refractivity contribution in [2.75, 3.05) is 11.5 Å². The second-order valence-electron chi connectivity index (χ2n) is 4.16. The number of fused-ring (bicyclic) bond motifs is 1. The normalized spacial score (nSPS) is 15.9. The molecule has 18 heavy (non-hydrogen) atoms. The Morgan fingerprint density at radius 2 is 2.28 bits per heavy atom. The monoisotopic (exact) mass is 267 g/mol. The number of nitrogens with zero attached hydrogens (tertiary/aromatic N) is 1. The van der Waals surface area contributed by atoms with Gasteiger partial charge in [0.2, 0.25) is 0 Å². The molecule has 2 rings (SSSR count). The molecule has 1 unspecified atom stereocenters. The van der Waals surface area contributed by atoms with Gasteiger partial charge in [-0.3, -0.25) is 14.5 Å². The average Bonchev–Trinajstić information content (AvgIpc) is 2.36. The van der Waals surface area contributed by atoms with Crippen LogP contribution in [0.5, 0.6) is 5.75 Å². The minimum absolute atomic E-state index is 0.0103. The maximum Gasteiger partial charge on any atom is 0.265 e. The van der Waals surface area contributed by atoms with Crippen LogP contribution >= 0.6 is 11.6 Å². The summed E-state index contributed by atoms with van der Waals surface area (Å²) in [5.41, 5.74) is 0.563. The topological polar surface area (TPSA) is 46.6 Å². The molecule has 0 saturated carbocycles. The molecule has 5 heteroatoms. The van der Waals surface area contributed by atoms with E-state index in [1.807, 2.05) is 0 Å². The van der Waals surface area contributed by atoms with Crippen molar-refractivity contribution in [1.29, 1.82) is 0 Å². The van der Waals surface area contributed by atoms with Gasteiger partial charge in [0.25, 0.3) is 5.91 Å². The third-order valence-electron chi connectivity index (χ3n) is 3.00. The summed E-state index contributed by atoms with van der Waals surface area (Å²) in [5.74, 6) is 0.366. The zero-order chi connectivity index (χ0) is 13.3. The minimum atomic E-state index is -0.497. The van der Waals surface area contributed by atoms with E-state index in [4.69, 9.17) is 16.3 Å². The zero-order valence-electron chi connectivity index (χ0n) is 10.3. The van der Waals surface area contributed by atoms with Gasteiger partial charge in [-0.1, -0.05) is 18.5 Å². The number of Topliss-reactive ketones (excluding diaryl/α,β-unsaturated/α-hetero) is 1. The van der Waals surface area contributed by atoms with E-state index in [9.17, 15) is 9.59 Å². The first-order valence-corrected chi connectivity index (χ1v) is 6.19. The Kier molecular flexibility index (Phi) is 3.57. The van der Waals surface area contributed by atoms with Crippen molar-refractivity contribution in [2.24, 2.45) is 0 Å². The number of carbonyl (C=O) groups excluding carboxylic acids is 2. The van der Waals surface area contributed by atoms with Crippen LogP contribution in [0.15, 0.2) is 18.2 Å². The highest BCUT2D eigenvalue weighted by Gasteiger charge is 2.32. The van der Waals surface area contributed by atoms with Crippen LogP contribution in [0.1, 0.15) is 20.3 Å². The SMILES string of the molecule is CCC(=O)C(C)N1C(=O)COc2ccc(Cl)cc21. The summed E-state index contributed by atoms with van der Waals surface area (Å²) in [6, 6.07) is 4.55. The van der Waals surface area contributed by atoms with E-state index < -0.39 is 6.04 Å². The molecule has 0 aliphatic carbocycles. The van der Waals surface area contributed by atoms with Crippen molar-refractivity contribution in [3.8, 4) is 5.75 Å². The lowest BCUT2D eigenvalue weighted by Gasteiger charge is -2.33. The molecule has 0 saturated heterocycles. The predicted octanol–water partition coefficient (Wildman–Crippen LogP) is 2.43. The third-order valence-corrected chi connectivity index (χ3v) is 3.24. The predicted molar refractivity (Wildman–Crippen MR) is 69.2 cm³/mol. The Balaban J connectivity index is 2.44. The van der Waals surface area contributed by atoms with Crippen molar-refractivity contribution in [2.45, 2.75) is 26.3 Å². The van der Waals surface area contributed by atoms with Crippen LogP contribution in [0.2, 0.25) is 5.02 Å². The summed E-state index contributed by atoms with van der Waals surface area (Å²) in [7, 11) is 0. The fraction of sp³-hybridized carbons (Fsp3) is 0.385. The summed E-state index contributed by atoms with van der Waals surface area (Å²) in [6.45, 7) is 3.46. The molecular weight excluding hydrogens is 254 g/mol. The number of rotatable bonds is 3. The lowest BCUT2D eigenvalue weighted by atomic mass is 10.1. The summed E-state index contributed by atoms with van der Waals surface area (Å²) in [6.07, 6.45) is 0.391. The molecule has 1 aromatic carbocycles. The smallest absolute Gasteiger partial charge is 0.265 e. The Labute approximate surface area is 110 Å². The van der Waals surface area contributed by atoms with Gasteiger partial charge in [0.15, 0.2) is 12.4 Å². The van der Waals surface area contributed by atoms with Crippen LogP contribution in [0, 0.1) is 0 Å². The number of amides is 1. The van der Waals surface area contributed by atoms with E-state index in [0.717, 1.165) is 0 Å². The third kappa shape index (κ3) is 2.20. The van der Waals surface area contributed by atoms with Crippen LogP contribution in [-0.4, -0.2) is 24.3 Å². The number of halogens is 1. The maximum atomic E-state index is 11.9. The van der Waals surface area contributed by atoms with Crippen molar-refractivity contribution < 1.29 is 14.3 Å². The minimum Gasteiger partial charge on any atom is -0.482 e. The summed E-state index contributed by atoms with van der Waals surface area (Å²) < 4.78 is 5.32. The molecule has 0 N–H and O–H groups in total. The van der Waals surface area contributed by atoms with Gasteiger partial charge in [0.05, 0.1) is 11.7 Å². The quantitative estimate of drug-likeness (QED) is 0.845. The van der Waals surface area contributed by atoms with E-state index in [-0.39, 0.29) is 18.3 Å². The Bertz CT molecular complexity index is 501. The molecule has 4 nitrogen and oxygen atoms in total. The maximum absolute atomic E-state index is 11.9. The number of hydrogen-bond donors (Lipinski definition) is 0. The van der Waals surface area contributed by atoms with Gasteiger partial charge < -0.3 is 4.74 Å². The van der Waals surface area contributed by atoms with Crippen LogP contribution in [0.3, 0.4) is 0 Å². The molecule has 0 fully saturated rings. The van der Waals surface area contributed by atoms with Crippen LogP contribution in [0.25, 0.3) is 0 Å². The lowest BCUT2D eigenvalue weighted by molar-refractivity contribution is -0.126. The van der Waals surface area contributed by atoms with Gasteiger partial charge in [-0.15, -0.1) is 0 Å². The van der Waals surface area contributed by atoms with Crippen molar-refractivity contribution in [3.05, 3.63) is 23.2 Å².